The molecule has 0 bridgehead atoms. The maximum absolute atomic E-state index is 12.2. The fourth-order valence-electron chi connectivity index (χ4n) is 1.91. The number of aromatic nitrogens is 2. The Balaban J connectivity index is 2.23. The van der Waals surface area contributed by atoms with E-state index in [1.54, 1.807) is 13.0 Å². The highest BCUT2D eigenvalue weighted by atomic mass is 16.4. The first-order valence-electron chi connectivity index (χ1n) is 6.98. The zero-order valence-electron chi connectivity index (χ0n) is 12.5. The van der Waals surface area contributed by atoms with Crippen molar-refractivity contribution >= 4 is 11.6 Å². The van der Waals surface area contributed by atoms with E-state index in [4.69, 9.17) is 10.2 Å². The fourth-order valence-corrected chi connectivity index (χ4v) is 1.91. The summed E-state index contributed by atoms with van der Waals surface area (Å²) in [6.45, 7) is 5.68. The molecule has 2 aromatic rings. The first-order chi connectivity index (χ1) is 10.0. The number of para-hydroxylation sites is 1. The van der Waals surface area contributed by atoms with E-state index < -0.39 is 6.04 Å². The molecule has 0 spiro atoms. The van der Waals surface area contributed by atoms with Gasteiger partial charge in [-0.1, -0.05) is 32.4 Å². The van der Waals surface area contributed by atoms with Crippen LogP contribution in [0.2, 0.25) is 0 Å². The summed E-state index contributed by atoms with van der Waals surface area (Å²) in [4.78, 5) is 12.2. The lowest BCUT2D eigenvalue weighted by Crippen LogP contribution is -2.40. The van der Waals surface area contributed by atoms with Crippen LogP contribution in [-0.4, -0.2) is 22.1 Å². The van der Waals surface area contributed by atoms with E-state index in [2.05, 4.69) is 15.5 Å². The zero-order chi connectivity index (χ0) is 15.4. The van der Waals surface area contributed by atoms with Crippen molar-refractivity contribution in [1.82, 2.24) is 10.2 Å². The molecule has 6 nitrogen and oxygen atoms in total. The Morgan fingerprint density at radius 3 is 2.71 bits per heavy atom. The predicted octanol–water partition coefficient (Wildman–Crippen LogP) is 2.36. The van der Waals surface area contributed by atoms with Crippen LogP contribution in [0.1, 0.15) is 26.2 Å². The molecule has 1 heterocycles. The number of anilines is 1. The second-order valence-electron chi connectivity index (χ2n) is 5.07. The van der Waals surface area contributed by atoms with Gasteiger partial charge in [-0.3, -0.25) is 4.79 Å². The second kappa shape index (κ2) is 6.49. The highest BCUT2D eigenvalue weighted by molar-refractivity contribution is 5.97. The summed E-state index contributed by atoms with van der Waals surface area (Å²) >= 11 is 0. The molecule has 112 valence electrons. The van der Waals surface area contributed by atoms with Crippen LogP contribution < -0.4 is 11.1 Å². The molecule has 0 saturated carbocycles. The molecule has 0 saturated heterocycles. The third-order valence-electron chi connectivity index (χ3n) is 3.50. The van der Waals surface area contributed by atoms with Crippen LogP contribution in [0.4, 0.5) is 5.69 Å². The Kier molecular flexibility index (Phi) is 4.70. The van der Waals surface area contributed by atoms with E-state index in [1.165, 1.54) is 0 Å². The molecular formula is C15H20N4O2. The van der Waals surface area contributed by atoms with Crippen LogP contribution >= 0.6 is 0 Å². The molecule has 21 heavy (non-hydrogen) atoms. The topological polar surface area (TPSA) is 94.0 Å². The first kappa shape index (κ1) is 15.2. The highest BCUT2D eigenvalue weighted by Gasteiger charge is 2.21. The number of hydrogen-bond acceptors (Lipinski definition) is 5. The van der Waals surface area contributed by atoms with Gasteiger partial charge in [-0.25, -0.2) is 0 Å². The monoisotopic (exact) mass is 288 g/mol. The van der Waals surface area contributed by atoms with Gasteiger partial charge in [-0.05, 0) is 18.1 Å². The van der Waals surface area contributed by atoms with Gasteiger partial charge in [0.05, 0.1) is 17.3 Å². The van der Waals surface area contributed by atoms with Crippen LogP contribution in [-0.2, 0) is 4.79 Å². The Hall–Kier alpha value is -2.21. The quantitative estimate of drug-likeness (QED) is 0.880. The van der Waals surface area contributed by atoms with Crippen molar-refractivity contribution in [3.05, 3.63) is 30.2 Å². The molecule has 0 radical (unpaired) electrons. The van der Waals surface area contributed by atoms with Gasteiger partial charge in [0.25, 0.3) is 0 Å². The average molecular weight is 288 g/mol. The standard InChI is InChI=1S/C15H20N4O2/c1-4-9(2)13(16)14(20)17-12-8-6-5-7-11(12)15-19-18-10(3)21-15/h5-9,13H,4,16H2,1-3H3,(H,17,20). The summed E-state index contributed by atoms with van der Waals surface area (Å²) in [5.41, 5.74) is 7.25. The van der Waals surface area contributed by atoms with Crippen molar-refractivity contribution in [1.29, 1.82) is 0 Å². The minimum absolute atomic E-state index is 0.114. The zero-order valence-corrected chi connectivity index (χ0v) is 12.5. The van der Waals surface area contributed by atoms with Crippen LogP contribution in [0.15, 0.2) is 28.7 Å². The van der Waals surface area contributed by atoms with Gasteiger partial charge < -0.3 is 15.5 Å². The molecular weight excluding hydrogens is 268 g/mol. The van der Waals surface area contributed by atoms with E-state index in [9.17, 15) is 4.79 Å². The van der Waals surface area contributed by atoms with Crippen molar-refractivity contribution in [2.75, 3.05) is 5.32 Å². The third-order valence-corrected chi connectivity index (χ3v) is 3.50. The Morgan fingerprint density at radius 1 is 1.38 bits per heavy atom. The van der Waals surface area contributed by atoms with E-state index in [-0.39, 0.29) is 11.8 Å². The fraction of sp³-hybridized carbons (Fsp3) is 0.400. The Labute approximate surface area is 123 Å². The van der Waals surface area contributed by atoms with Gasteiger partial charge in [0.2, 0.25) is 17.7 Å². The highest BCUT2D eigenvalue weighted by Crippen LogP contribution is 2.26. The largest absolute Gasteiger partial charge is 0.421 e. The van der Waals surface area contributed by atoms with Crippen molar-refractivity contribution < 1.29 is 9.21 Å². The molecule has 2 atom stereocenters. The molecule has 2 unspecified atom stereocenters. The maximum Gasteiger partial charge on any atom is 0.249 e. The van der Waals surface area contributed by atoms with Gasteiger partial charge in [-0.2, -0.15) is 0 Å². The normalized spacial score (nSPS) is 13.7. The number of aryl methyl sites for hydroxylation is 1. The molecule has 6 heteroatoms. The van der Waals surface area contributed by atoms with Crippen molar-refractivity contribution in [3.63, 3.8) is 0 Å². The van der Waals surface area contributed by atoms with Crippen LogP contribution in [0.5, 0.6) is 0 Å². The summed E-state index contributed by atoms with van der Waals surface area (Å²) in [6, 6.07) is 6.73. The number of benzene rings is 1. The number of nitrogens with two attached hydrogens (primary N) is 1. The summed E-state index contributed by atoms with van der Waals surface area (Å²) in [7, 11) is 0. The summed E-state index contributed by atoms with van der Waals surface area (Å²) in [5.74, 6) is 0.749. The van der Waals surface area contributed by atoms with Gasteiger partial charge in [0.15, 0.2) is 0 Å². The summed E-state index contributed by atoms with van der Waals surface area (Å²) in [6.07, 6.45) is 0.846. The average Bonchev–Trinajstić information content (AvgIpc) is 2.92. The van der Waals surface area contributed by atoms with Crippen molar-refractivity contribution in [3.8, 4) is 11.5 Å². The van der Waals surface area contributed by atoms with E-state index in [0.717, 1.165) is 6.42 Å². The lowest BCUT2D eigenvalue weighted by Gasteiger charge is -2.18. The number of nitrogens with zero attached hydrogens (tertiary/aromatic N) is 2. The maximum atomic E-state index is 12.2. The van der Waals surface area contributed by atoms with Gasteiger partial charge >= 0.3 is 0 Å². The van der Waals surface area contributed by atoms with Gasteiger partial charge in [-0.15, -0.1) is 10.2 Å². The van der Waals surface area contributed by atoms with Crippen LogP contribution in [0.25, 0.3) is 11.5 Å². The van der Waals surface area contributed by atoms with Crippen LogP contribution in [0.3, 0.4) is 0 Å². The molecule has 0 fully saturated rings. The lowest BCUT2D eigenvalue weighted by atomic mass is 9.99. The molecule has 2 rings (SSSR count). The number of hydrogen-bond donors (Lipinski definition) is 2. The molecule has 1 aromatic heterocycles. The smallest absolute Gasteiger partial charge is 0.249 e. The molecule has 1 amide bonds. The van der Waals surface area contributed by atoms with Crippen molar-refractivity contribution in [2.24, 2.45) is 11.7 Å². The molecule has 1 aromatic carbocycles. The number of nitrogens with one attached hydrogen (secondary N) is 1. The summed E-state index contributed by atoms with van der Waals surface area (Å²) < 4.78 is 5.42. The van der Waals surface area contributed by atoms with Crippen molar-refractivity contribution in [2.45, 2.75) is 33.2 Å². The minimum atomic E-state index is -0.549. The van der Waals surface area contributed by atoms with Gasteiger partial charge in [0.1, 0.15) is 0 Å². The lowest BCUT2D eigenvalue weighted by molar-refractivity contribution is -0.118. The number of carbonyl (C=O) groups is 1. The van der Waals surface area contributed by atoms with Gasteiger partial charge in [0, 0.05) is 6.92 Å². The second-order valence-corrected chi connectivity index (χ2v) is 5.07. The Morgan fingerprint density at radius 2 is 2.10 bits per heavy atom. The molecule has 0 aliphatic rings. The predicted molar refractivity (Wildman–Crippen MR) is 80.5 cm³/mol. The first-order valence-corrected chi connectivity index (χ1v) is 6.98. The number of rotatable bonds is 5. The van der Waals surface area contributed by atoms with E-state index in [1.807, 2.05) is 32.0 Å². The minimum Gasteiger partial charge on any atom is -0.421 e. The Bertz CT molecular complexity index is 624. The molecule has 0 aliphatic heterocycles. The number of amides is 1. The SMILES string of the molecule is CCC(C)C(N)C(=O)Nc1ccccc1-c1nnc(C)o1. The number of carbonyl (C=O) groups excluding carboxylic acids is 1. The van der Waals surface area contributed by atoms with E-state index in [0.29, 0.717) is 23.0 Å². The summed E-state index contributed by atoms with van der Waals surface area (Å²) in [5, 5.41) is 10.6. The van der Waals surface area contributed by atoms with E-state index >= 15 is 0 Å². The molecule has 0 aliphatic carbocycles. The third kappa shape index (κ3) is 3.46. The molecule has 3 N–H and O–H groups in total. The van der Waals surface area contributed by atoms with Crippen LogP contribution in [0, 0.1) is 12.8 Å².